The van der Waals surface area contributed by atoms with E-state index >= 15 is 0 Å². The molecule has 0 saturated heterocycles. The number of alkyl halides is 9. The number of nitrogens with zero attached hydrogens (tertiary/aromatic N) is 1. The Bertz CT molecular complexity index is 757. The Morgan fingerprint density at radius 3 is 2.00 bits per heavy atom. The van der Waals surface area contributed by atoms with Crippen molar-refractivity contribution in [2.24, 2.45) is 10.7 Å². The fraction of sp³-hybridized carbons (Fsp3) is 0.308. The average Bonchev–Trinajstić information content (AvgIpc) is 2.42. The molecule has 0 aliphatic carbocycles. The summed E-state index contributed by atoms with van der Waals surface area (Å²) in [6.07, 6.45) is -17.4. The zero-order valence-electron chi connectivity index (χ0n) is 12.3. The average molecular weight is 392 g/mol. The van der Waals surface area contributed by atoms with Crippen molar-refractivity contribution < 1.29 is 39.5 Å². The van der Waals surface area contributed by atoms with Gasteiger partial charge in [-0.15, -0.1) is 0 Å². The van der Waals surface area contributed by atoms with Gasteiger partial charge in [0.05, 0.1) is 0 Å². The summed E-state index contributed by atoms with van der Waals surface area (Å²) in [7, 11) is 0. The van der Waals surface area contributed by atoms with Crippen molar-refractivity contribution in [2.45, 2.75) is 24.1 Å². The second kappa shape index (κ2) is 5.71. The summed E-state index contributed by atoms with van der Waals surface area (Å²) in [4.78, 5) is 2.54. The molecule has 0 saturated carbocycles. The Morgan fingerprint density at radius 2 is 1.54 bits per heavy atom. The lowest BCUT2D eigenvalue weighted by Gasteiger charge is -2.38. The maximum atomic E-state index is 13.5. The second-order valence-corrected chi connectivity index (χ2v) is 5.23. The van der Waals surface area contributed by atoms with Gasteiger partial charge in [-0.25, -0.2) is 4.99 Å². The van der Waals surface area contributed by atoms with E-state index in [9.17, 15) is 39.5 Å². The van der Waals surface area contributed by atoms with Crippen molar-refractivity contribution >= 4 is 17.2 Å². The first kappa shape index (κ1) is 19.7. The van der Waals surface area contributed by atoms with Crippen LogP contribution in [0.5, 0.6) is 0 Å². The molecule has 13 heteroatoms. The molecule has 0 amide bonds. The standard InChI is InChI=1S/C13H9F9N4/c14-11(15,16)8(24)4-9-25-7-3-5(23)1-2-6(7)10(26-9,12(17,18)19)13(20,21)22/h1-4H,23-24H2,(H,25,26). The molecule has 0 bridgehead atoms. The predicted molar refractivity (Wildman–Crippen MR) is 74.0 cm³/mol. The zero-order chi connectivity index (χ0) is 20.1. The van der Waals surface area contributed by atoms with Crippen LogP contribution < -0.4 is 16.8 Å². The fourth-order valence-corrected chi connectivity index (χ4v) is 2.28. The van der Waals surface area contributed by atoms with E-state index in [0.29, 0.717) is 12.1 Å². The van der Waals surface area contributed by atoms with Gasteiger partial charge in [0.2, 0.25) is 0 Å². The summed E-state index contributed by atoms with van der Waals surface area (Å²) in [5.41, 5.74) is 0.920. The molecule has 0 atom stereocenters. The summed E-state index contributed by atoms with van der Waals surface area (Å²) >= 11 is 0. The maximum absolute atomic E-state index is 13.5. The van der Waals surface area contributed by atoms with Crippen LogP contribution in [-0.4, -0.2) is 24.4 Å². The van der Waals surface area contributed by atoms with Gasteiger partial charge in [-0.3, -0.25) is 0 Å². The van der Waals surface area contributed by atoms with Crippen LogP contribution in [0.15, 0.2) is 35.0 Å². The lowest BCUT2D eigenvalue weighted by Crippen LogP contribution is -2.55. The van der Waals surface area contributed by atoms with Crippen LogP contribution >= 0.6 is 0 Å². The molecule has 0 fully saturated rings. The highest BCUT2D eigenvalue weighted by molar-refractivity contribution is 6.06. The van der Waals surface area contributed by atoms with Crippen LogP contribution in [0.25, 0.3) is 0 Å². The zero-order valence-corrected chi connectivity index (χ0v) is 12.3. The monoisotopic (exact) mass is 392 g/mol. The summed E-state index contributed by atoms with van der Waals surface area (Å²) < 4.78 is 118. The molecule has 1 aromatic carbocycles. The molecule has 5 N–H and O–H groups in total. The first-order valence-electron chi connectivity index (χ1n) is 6.54. The number of anilines is 2. The molecule has 26 heavy (non-hydrogen) atoms. The Morgan fingerprint density at radius 1 is 1.00 bits per heavy atom. The van der Waals surface area contributed by atoms with Crippen molar-refractivity contribution in [1.82, 2.24) is 0 Å². The summed E-state index contributed by atoms with van der Waals surface area (Å²) in [6.45, 7) is 0. The van der Waals surface area contributed by atoms with Gasteiger partial charge in [-0.05, 0) is 12.1 Å². The van der Waals surface area contributed by atoms with Crippen molar-refractivity contribution in [2.75, 3.05) is 11.1 Å². The van der Waals surface area contributed by atoms with E-state index < -0.39 is 46.9 Å². The number of nitrogen functional groups attached to an aromatic ring is 1. The number of allylic oxidation sites excluding steroid dienone is 1. The lowest BCUT2D eigenvalue weighted by molar-refractivity contribution is -0.300. The third-order valence-electron chi connectivity index (χ3n) is 3.42. The normalized spacial score (nSPS) is 18.0. The number of hydrogen-bond acceptors (Lipinski definition) is 4. The van der Waals surface area contributed by atoms with Gasteiger partial charge >= 0.3 is 18.5 Å². The fourth-order valence-electron chi connectivity index (χ4n) is 2.28. The maximum Gasteiger partial charge on any atom is 0.430 e. The molecular formula is C13H9F9N4. The SMILES string of the molecule is NC(=CC1=NC(C(F)(F)F)(C(F)(F)F)c2ccc(N)cc2N1)C(F)(F)F. The molecule has 0 unspecified atom stereocenters. The Hall–Kier alpha value is -2.60. The molecule has 1 aliphatic rings. The Kier molecular flexibility index (Phi) is 4.33. The number of nitrogens with two attached hydrogens (primary N) is 2. The van der Waals surface area contributed by atoms with Crippen LogP contribution in [-0.2, 0) is 5.54 Å². The van der Waals surface area contributed by atoms with Gasteiger partial charge in [0.25, 0.3) is 5.54 Å². The summed E-state index contributed by atoms with van der Waals surface area (Å²) in [5.74, 6) is -1.37. The number of fused-ring (bicyclic) bond motifs is 1. The third-order valence-corrected chi connectivity index (χ3v) is 3.42. The van der Waals surface area contributed by atoms with E-state index in [-0.39, 0.29) is 11.8 Å². The van der Waals surface area contributed by atoms with Crippen molar-refractivity contribution in [3.63, 3.8) is 0 Å². The Balaban J connectivity index is 2.83. The van der Waals surface area contributed by atoms with E-state index in [1.165, 1.54) is 0 Å². The van der Waals surface area contributed by atoms with Gasteiger partial charge in [0, 0.05) is 23.0 Å². The molecule has 2 rings (SSSR count). The smallest absolute Gasteiger partial charge is 0.399 e. The number of hydrogen-bond donors (Lipinski definition) is 3. The minimum Gasteiger partial charge on any atom is -0.399 e. The Labute approximate surface area is 139 Å². The topological polar surface area (TPSA) is 76.4 Å². The molecule has 0 spiro atoms. The molecule has 1 aromatic rings. The molecule has 1 heterocycles. The summed E-state index contributed by atoms with van der Waals surface area (Å²) in [5, 5.41) is 1.95. The molecular weight excluding hydrogens is 383 g/mol. The quantitative estimate of drug-likeness (QED) is 0.503. The van der Waals surface area contributed by atoms with Crippen LogP contribution in [0.2, 0.25) is 0 Å². The van der Waals surface area contributed by atoms with Crippen LogP contribution in [0, 0.1) is 0 Å². The highest BCUT2D eigenvalue weighted by Gasteiger charge is 2.74. The van der Waals surface area contributed by atoms with E-state index in [0.717, 1.165) is 6.07 Å². The number of amidine groups is 1. The predicted octanol–water partition coefficient (Wildman–Crippen LogP) is 3.82. The molecule has 1 aliphatic heterocycles. The number of nitrogens with one attached hydrogen (secondary N) is 1. The number of halogens is 9. The lowest BCUT2D eigenvalue weighted by atomic mass is 9.85. The highest BCUT2D eigenvalue weighted by atomic mass is 19.4. The first-order valence-corrected chi connectivity index (χ1v) is 6.54. The van der Waals surface area contributed by atoms with Gasteiger partial charge in [0.15, 0.2) is 0 Å². The number of rotatable bonds is 1. The van der Waals surface area contributed by atoms with Crippen molar-refractivity contribution in [3.8, 4) is 0 Å². The second-order valence-electron chi connectivity index (χ2n) is 5.23. The van der Waals surface area contributed by atoms with E-state index in [2.05, 4.69) is 10.7 Å². The molecule has 4 nitrogen and oxygen atoms in total. The first-order chi connectivity index (χ1) is 11.6. The van der Waals surface area contributed by atoms with Gasteiger partial charge in [0.1, 0.15) is 11.5 Å². The van der Waals surface area contributed by atoms with Crippen molar-refractivity contribution in [3.05, 3.63) is 35.5 Å². The largest absolute Gasteiger partial charge is 0.430 e. The molecule has 0 aromatic heterocycles. The molecule has 0 radical (unpaired) electrons. The van der Waals surface area contributed by atoms with E-state index in [1.54, 1.807) is 0 Å². The number of aliphatic imine (C=N–C) groups is 1. The van der Waals surface area contributed by atoms with Gasteiger partial charge in [-0.2, -0.15) is 39.5 Å². The van der Waals surface area contributed by atoms with E-state index in [1.807, 2.05) is 5.32 Å². The van der Waals surface area contributed by atoms with Crippen molar-refractivity contribution in [1.29, 1.82) is 0 Å². The van der Waals surface area contributed by atoms with Gasteiger partial charge < -0.3 is 16.8 Å². The highest BCUT2D eigenvalue weighted by Crippen LogP contribution is 2.56. The summed E-state index contributed by atoms with van der Waals surface area (Å²) in [6, 6.07) is 1.96. The molecule has 144 valence electrons. The number of benzene rings is 1. The minimum atomic E-state index is -6.01. The van der Waals surface area contributed by atoms with Crippen LogP contribution in [0.4, 0.5) is 50.9 Å². The third kappa shape index (κ3) is 3.12. The van der Waals surface area contributed by atoms with Crippen LogP contribution in [0.1, 0.15) is 5.56 Å². The minimum absolute atomic E-state index is 0.154. The van der Waals surface area contributed by atoms with Crippen LogP contribution in [0.3, 0.4) is 0 Å². The van der Waals surface area contributed by atoms with Gasteiger partial charge in [-0.1, -0.05) is 6.07 Å². The van der Waals surface area contributed by atoms with E-state index in [4.69, 9.17) is 5.73 Å².